The fraction of sp³-hybridized carbons (Fsp3) is 0.238. The third-order valence-electron chi connectivity index (χ3n) is 4.14. The molecule has 1 aromatic heterocycles. The van der Waals surface area contributed by atoms with Gasteiger partial charge in [-0.2, -0.15) is 5.26 Å². The van der Waals surface area contributed by atoms with Crippen molar-refractivity contribution in [3.8, 4) is 22.4 Å². The molecule has 28 heavy (non-hydrogen) atoms. The van der Waals surface area contributed by atoms with E-state index in [2.05, 4.69) is 41.5 Å². The molecule has 1 atom stereocenters. The summed E-state index contributed by atoms with van der Waals surface area (Å²) in [6.07, 6.45) is -0.717. The van der Waals surface area contributed by atoms with Crippen molar-refractivity contribution in [1.82, 2.24) is 10.2 Å². The largest absolute Gasteiger partial charge is 0.481 e. The molecular formula is C21H20N4O2S. The van der Waals surface area contributed by atoms with Gasteiger partial charge in [0.05, 0.1) is 11.6 Å². The van der Waals surface area contributed by atoms with E-state index in [1.54, 1.807) is 31.2 Å². The molecule has 0 unspecified atom stereocenters. The third-order valence-corrected chi connectivity index (χ3v) is 5.03. The Bertz CT molecular complexity index is 988. The molecule has 142 valence electrons. The van der Waals surface area contributed by atoms with Gasteiger partial charge < -0.3 is 4.74 Å². The lowest BCUT2D eigenvalue weighted by molar-refractivity contribution is -0.122. The lowest BCUT2D eigenvalue weighted by atomic mass is 10.0. The molecule has 1 heterocycles. The topological polar surface area (TPSA) is 87.9 Å². The van der Waals surface area contributed by atoms with Gasteiger partial charge in [0.15, 0.2) is 6.10 Å². The minimum atomic E-state index is -0.717. The molecule has 3 aromatic rings. The fourth-order valence-electron chi connectivity index (χ4n) is 2.47. The number of nitriles is 1. The zero-order valence-corrected chi connectivity index (χ0v) is 16.7. The minimum absolute atomic E-state index is 0.317. The number of anilines is 1. The van der Waals surface area contributed by atoms with Gasteiger partial charge in [-0.15, -0.1) is 10.2 Å². The predicted octanol–water partition coefficient (Wildman–Crippen LogP) is 4.61. The Balaban J connectivity index is 1.61. The number of carbonyl (C=O) groups is 1. The van der Waals surface area contributed by atoms with Gasteiger partial charge in [-0.1, -0.05) is 49.4 Å². The molecule has 0 bridgehead atoms. The van der Waals surface area contributed by atoms with Crippen LogP contribution >= 0.6 is 11.3 Å². The first kappa shape index (κ1) is 19.5. The number of ether oxygens (including phenoxy) is 1. The maximum atomic E-state index is 12.4. The molecule has 0 aliphatic carbocycles. The van der Waals surface area contributed by atoms with Crippen LogP contribution in [0.15, 0.2) is 48.5 Å². The Morgan fingerprint density at radius 1 is 1.07 bits per heavy atom. The molecule has 0 radical (unpaired) electrons. The Morgan fingerprint density at radius 2 is 1.75 bits per heavy atom. The maximum Gasteiger partial charge on any atom is 0.266 e. The smallest absolute Gasteiger partial charge is 0.266 e. The molecule has 3 rings (SSSR count). The second-order valence-corrected chi connectivity index (χ2v) is 7.55. The van der Waals surface area contributed by atoms with Crippen LogP contribution in [0, 0.1) is 11.3 Å². The number of rotatable bonds is 6. The Kier molecular flexibility index (Phi) is 6.02. The maximum absolute atomic E-state index is 12.4. The van der Waals surface area contributed by atoms with Crippen LogP contribution in [0.2, 0.25) is 0 Å². The van der Waals surface area contributed by atoms with Crippen LogP contribution in [0.5, 0.6) is 5.75 Å². The van der Waals surface area contributed by atoms with E-state index < -0.39 is 6.10 Å². The van der Waals surface area contributed by atoms with Crippen LogP contribution in [0.1, 0.15) is 37.8 Å². The summed E-state index contributed by atoms with van der Waals surface area (Å²) in [5.41, 5.74) is 2.76. The number of carbonyl (C=O) groups excluding carboxylic acids is 1. The molecule has 1 N–H and O–H groups in total. The molecular weight excluding hydrogens is 372 g/mol. The quantitative estimate of drug-likeness (QED) is 0.662. The molecule has 0 fully saturated rings. The number of nitrogens with zero attached hydrogens (tertiary/aromatic N) is 3. The zero-order valence-electron chi connectivity index (χ0n) is 15.8. The van der Waals surface area contributed by atoms with E-state index in [4.69, 9.17) is 10.00 Å². The van der Waals surface area contributed by atoms with E-state index in [9.17, 15) is 4.79 Å². The highest BCUT2D eigenvalue weighted by molar-refractivity contribution is 7.18. The predicted molar refractivity (Wildman–Crippen MR) is 109 cm³/mol. The van der Waals surface area contributed by atoms with Gasteiger partial charge in [0.1, 0.15) is 10.8 Å². The fourth-order valence-corrected chi connectivity index (χ4v) is 3.23. The van der Waals surface area contributed by atoms with Crippen molar-refractivity contribution < 1.29 is 9.53 Å². The van der Waals surface area contributed by atoms with Crippen LogP contribution in [0.25, 0.3) is 10.6 Å². The summed E-state index contributed by atoms with van der Waals surface area (Å²) >= 11 is 1.31. The van der Waals surface area contributed by atoms with E-state index >= 15 is 0 Å². The van der Waals surface area contributed by atoms with Crippen LogP contribution in [0.3, 0.4) is 0 Å². The summed E-state index contributed by atoms with van der Waals surface area (Å²) in [6.45, 7) is 5.95. The van der Waals surface area contributed by atoms with Gasteiger partial charge in [0, 0.05) is 5.56 Å². The van der Waals surface area contributed by atoms with Crippen LogP contribution in [0.4, 0.5) is 5.13 Å². The van der Waals surface area contributed by atoms with Crippen molar-refractivity contribution in [2.45, 2.75) is 32.8 Å². The van der Waals surface area contributed by atoms with Crippen LogP contribution in [-0.4, -0.2) is 22.2 Å². The molecule has 0 spiro atoms. The van der Waals surface area contributed by atoms with Gasteiger partial charge in [0.25, 0.3) is 5.91 Å². The van der Waals surface area contributed by atoms with Crippen molar-refractivity contribution >= 4 is 22.4 Å². The number of amides is 1. The zero-order chi connectivity index (χ0) is 20.1. The summed E-state index contributed by atoms with van der Waals surface area (Å²) in [7, 11) is 0. The van der Waals surface area contributed by atoms with Gasteiger partial charge in [-0.25, -0.2) is 0 Å². The molecule has 6 nitrogen and oxygen atoms in total. The van der Waals surface area contributed by atoms with Crippen molar-refractivity contribution in [2.24, 2.45) is 0 Å². The molecule has 1 amide bonds. The first-order valence-electron chi connectivity index (χ1n) is 8.88. The number of hydrogen-bond donors (Lipinski definition) is 1. The second-order valence-electron chi connectivity index (χ2n) is 6.57. The van der Waals surface area contributed by atoms with Crippen LogP contribution in [-0.2, 0) is 4.79 Å². The molecule has 0 saturated carbocycles. The summed E-state index contributed by atoms with van der Waals surface area (Å²) in [5, 5.41) is 20.9. The Morgan fingerprint density at radius 3 is 2.36 bits per heavy atom. The van der Waals surface area contributed by atoms with E-state index in [-0.39, 0.29) is 5.91 Å². The number of nitrogens with one attached hydrogen (secondary N) is 1. The third kappa shape index (κ3) is 4.72. The summed E-state index contributed by atoms with van der Waals surface area (Å²) in [6, 6.07) is 16.8. The normalized spacial score (nSPS) is 11.7. The van der Waals surface area contributed by atoms with Crippen LogP contribution < -0.4 is 10.1 Å². The first-order valence-corrected chi connectivity index (χ1v) is 9.69. The van der Waals surface area contributed by atoms with Crippen molar-refractivity contribution in [3.05, 3.63) is 59.7 Å². The summed E-state index contributed by atoms with van der Waals surface area (Å²) in [4.78, 5) is 12.4. The van der Waals surface area contributed by atoms with Gasteiger partial charge in [0.2, 0.25) is 5.13 Å². The second kappa shape index (κ2) is 8.63. The lowest BCUT2D eigenvalue weighted by Crippen LogP contribution is -2.30. The Hall–Kier alpha value is -3.24. The van der Waals surface area contributed by atoms with Crippen molar-refractivity contribution in [2.75, 3.05) is 5.32 Å². The minimum Gasteiger partial charge on any atom is -0.481 e. The summed E-state index contributed by atoms with van der Waals surface area (Å²) < 4.78 is 5.61. The SMILES string of the molecule is CC(C)c1ccc(-c2nnc(NC(=O)[C@@H](C)Oc3ccc(C#N)cc3)s2)cc1. The van der Waals surface area contributed by atoms with E-state index in [0.29, 0.717) is 22.4 Å². The molecule has 2 aromatic carbocycles. The van der Waals surface area contributed by atoms with Gasteiger partial charge in [-0.3, -0.25) is 10.1 Å². The lowest BCUT2D eigenvalue weighted by Gasteiger charge is -2.13. The average Bonchev–Trinajstić information content (AvgIpc) is 3.17. The monoisotopic (exact) mass is 392 g/mol. The molecule has 0 aliphatic heterocycles. The van der Waals surface area contributed by atoms with E-state index in [1.807, 2.05) is 18.2 Å². The number of hydrogen-bond acceptors (Lipinski definition) is 6. The average molecular weight is 392 g/mol. The van der Waals surface area contributed by atoms with E-state index in [0.717, 1.165) is 10.6 Å². The van der Waals surface area contributed by atoms with Gasteiger partial charge in [-0.05, 0) is 42.7 Å². The number of aromatic nitrogens is 2. The molecule has 0 saturated heterocycles. The van der Waals surface area contributed by atoms with Gasteiger partial charge >= 0.3 is 0 Å². The standard InChI is InChI=1S/C21H20N4O2S/c1-13(2)16-6-8-17(9-7-16)20-24-25-21(28-20)23-19(26)14(3)27-18-10-4-15(12-22)5-11-18/h4-11,13-14H,1-3H3,(H,23,25,26)/t14-/m1/s1. The Labute approximate surface area is 167 Å². The molecule has 0 aliphatic rings. The van der Waals surface area contributed by atoms with E-state index in [1.165, 1.54) is 16.9 Å². The number of benzene rings is 2. The van der Waals surface area contributed by atoms with Crippen molar-refractivity contribution in [3.63, 3.8) is 0 Å². The highest BCUT2D eigenvalue weighted by atomic mass is 32.1. The first-order chi connectivity index (χ1) is 13.5. The highest BCUT2D eigenvalue weighted by Crippen LogP contribution is 2.28. The highest BCUT2D eigenvalue weighted by Gasteiger charge is 2.17. The summed E-state index contributed by atoms with van der Waals surface area (Å²) in [5.74, 6) is 0.669. The van der Waals surface area contributed by atoms with Crippen molar-refractivity contribution in [1.29, 1.82) is 5.26 Å². The molecule has 7 heteroatoms.